The van der Waals surface area contributed by atoms with Crippen molar-refractivity contribution in [3.05, 3.63) is 129 Å². The predicted octanol–water partition coefficient (Wildman–Crippen LogP) is 5.21. The number of rotatable bonds is 13. The van der Waals surface area contributed by atoms with Crippen LogP contribution in [0.1, 0.15) is 86.1 Å². The maximum absolute atomic E-state index is 13.1. The largest absolute Gasteiger partial charge is 0.478 e. The highest BCUT2D eigenvalue weighted by atomic mass is 16.4. The molecule has 0 radical (unpaired) electrons. The molecule has 1 fully saturated rings. The summed E-state index contributed by atoms with van der Waals surface area (Å²) < 4.78 is 0. The van der Waals surface area contributed by atoms with Crippen LogP contribution in [0.25, 0.3) is 0 Å². The van der Waals surface area contributed by atoms with Gasteiger partial charge in [0.05, 0.1) is 22.3 Å². The van der Waals surface area contributed by atoms with Crippen molar-refractivity contribution in [3.8, 4) is 0 Å². The highest BCUT2D eigenvalue weighted by molar-refractivity contribution is 6.12. The second-order valence-electron chi connectivity index (χ2n) is 11.8. The Morgan fingerprint density at radius 2 is 0.830 bits per heavy atom. The van der Waals surface area contributed by atoms with Crippen molar-refractivity contribution in [2.75, 3.05) is 28.6 Å². The van der Waals surface area contributed by atoms with Gasteiger partial charge in [-0.05, 0) is 85.6 Å². The van der Waals surface area contributed by atoms with Crippen LogP contribution < -0.4 is 15.5 Å². The van der Waals surface area contributed by atoms with E-state index < -0.39 is 57.7 Å². The number of aromatic nitrogens is 3. The zero-order chi connectivity index (χ0) is 37.8. The highest BCUT2D eigenvalue weighted by Crippen LogP contribution is 2.25. The number of nitrogens with zero attached hydrogens (tertiary/aromatic N) is 4. The van der Waals surface area contributed by atoms with E-state index in [0.717, 1.165) is 50.2 Å². The summed E-state index contributed by atoms with van der Waals surface area (Å²) in [7, 11) is 0. The second kappa shape index (κ2) is 14.8. The average Bonchev–Trinajstić information content (AvgIpc) is 3.70. The Hall–Kier alpha value is -7.49. The first-order valence-electron chi connectivity index (χ1n) is 15.9. The molecule has 0 unspecified atom stereocenters. The van der Waals surface area contributed by atoms with Gasteiger partial charge >= 0.3 is 23.9 Å². The first-order valence-corrected chi connectivity index (χ1v) is 15.9. The number of hydrogen-bond donors (Lipinski definition) is 6. The molecule has 2 heterocycles. The quantitative estimate of drug-likeness (QED) is 0.0855. The van der Waals surface area contributed by atoms with Gasteiger partial charge in [0.1, 0.15) is 0 Å². The summed E-state index contributed by atoms with van der Waals surface area (Å²) in [6.07, 6.45) is 1.92. The molecule has 6 rings (SSSR count). The summed E-state index contributed by atoms with van der Waals surface area (Å²) in [6, 6.07) is 19.2. The van der Waals surface area contributed by atoms with E-state index in [0.29, 0.717) is 17.3 Å². The van der Waals surface area contributed by atoms with Crippen LogP contribution in [0.4, 0.5) is 29.2 Å². The predicted molar refractivity (Wildman–Crippen MR) is 188 cm³/mol. The van der Waals surface area contributed by atoms with Crippen molar-refractivity contribution < 1.29 is 49.2 Å². The van der Waals surface area contributed by atoms with Crippen LogP contribution in [0.5, 0.6) is 0 Å². The molecule has 4 aromatic carbocycles. The van der Waals surface area contributed by atoms with Crippen molar-refractivity contribution in [3.63, 3.8) is 0 Å². The molecule has 1 saturated heterocycles. The van der Waals surface area contributed by atoms with Gasteiger partial charge < -0.3 is 36.0 Å². The molecule has 1 aromatic heterocycles. The minimum atomic E-state index is -1.47. The Morgan fingerprint density at radius 1 is 0.472 bits per heavy atom. The van der Waals surface area contributed by atoms with Gasteiger partial charge in [-0.15, -0.1) is 0 Å². The van der Waals surface area contributed by atoms with Crippen molar-refractivity contribution in [1.82, 2.24) is 15.0 Å². The molecular formula is C37H28N6O10. The summed E-state index contributed by atoms with van der Waals surface area (Å²) in [5, 5.41) is 43.6. The van der Waals surface area contributed by atoms with E-state index >= 15 is 0 Å². The number of carbonyl (C=O) groups is 6. The number of aromatic carboxylic acids is 4. The maximum atomic E-state index is 13.1. The molecule has 16 nitrogen and oxygen atoms in total. The van der Waals surface area contributed by atoms with Gasteiger partial charge in [-0.1, -0.05) is 12.1 Å². The number of carboxylic acid groups (broad SMARTS) is 4. The minimum absolute atomic E-state index is 0.00988. The van der Waals surface area contributed by atoms with Crippen LogP contribution in [0, 0.1) is 0 Å². The SMILES string of the molecule is O=C(c1ccc(Nc2nc(Nc3ccc(C(=O)c4ccc(C(=O)O)c(C(=O)O)c4)cc3)nc(N3CCCC3)n2)cc1)c1ccc(C(=O)O)c(C(=O)O)c1. The molecule has 0 saturated carbocycles. The highest BCUT2D eigenvalue weighted by Gasteiger charge is 2.22. The minimum Gasteiger partial charge on any atom is -0.478 e. The molecule has 53 heavy (non-hydrogen) atoms. The van der Waals surface area contributed by atoms with Crippen LogP contribution in [0.2, 0.25) is 0 Å². The third-order valence-corrected chi connectivity index (χ3v) is 8.30. The number of anilines is 5. The number of nitrogens with one attached hydrogen (secondary N) is 2. The fraction of sp³-hybridized carbons (Fsp3) is 0.108. The Balaban J connectivity index is 1.20. The van der Waals surface area contributed by atoms with Crippen molar-refractivity contribution in [1.29, 1.82) is 0 Å². The number of hydrogen-bond acceptors (Lipinski definition) is 12. The smallest absolute Gasteiger partial charge is 0.336 e. The lowest BCUT2D eigenvalue weighted by Crippen LogP contribution is -2.21. The summed E-state index contributed by atoms with van der Waals surface area (Å²) >= 11 is 0. The lowest BCUT2D eigenvalue weighted by atomic mass is 9.98. The summed E-state index contributed by atoms with van der Waals surface area (Å²) in [4.78, 5) is 87.8. The Morgan fingerprint density at radius 3 is 1.19 bits per heavy atom. The molecule has 6 N–H and O–H groups in total. The lowest BCUT2D eigenvalue weighted by Gasteiger charge is -2.17. The zero-order valence-corrected chi connectivity index (χ0v) is 27.4. The van der Waals surface area contributed by atoms with Crippen LogP contribution in [-0.4, -0.2) is 83.9 Å². The van der Waals surface area contributed by atoms with Crippen LogP contribution in [-0.2, 0) is 0 Å². The third kappa shape index (κ3) is 7.81. The Bertz CT molecular complexity index is 2150. The van der Waals surface area contributed by atoms with Crippen LogP contribution in [0.3, 0.4) is 0 Å². The van der Waals surface area contributed by atoms with E-state index in [-0.39, 0.29) is 34.2 Å². The first kappa shape index (κ1) is 35.3. The molecule has 0 bridgehead atoms. The van der Waals surface area contributed by atoms with E-state index in [1.54, 1.807) is 24.3 Å². The molecule has 0 spiro atoms. The standard InChI is InChI=1S/C37H28N6O10/c44-29(21-7-13-25(31(46)47)27(17-21)33(50)51)19-3-9-23(10-4-19)38-35-40-36(42-37(41-35)43-15-1-2-16-43)39-24-11-5-20(6-12-24)30(45)22-8-14-26(32(48)49)28(18-22)34(52)53/h3-14,17-18H,1-2,15-16H2,(H,46,47)(H,48,49)(H,50,51)(H,52,53)(H2,38,39,40,41,42). The van der Waals surface area contributed by atoms with Crippen LogP contribution in [0.15, 0.2) is 84.9 Å². The van der Waals surface area contributed by atoms with E-state index in [9.17, 15) is 49.2 Å². The molecule has 1 aliphatic heterocycles. The van der Waals surface area contributed by atoms with Gasteiger partial charge in [0, 0.05) is 46.7 Å². The second-order valence-corrected chi connectivity index (χ2v) is 11.8. The normalized spacial score (nSPS) is 12.2. The monoisotopic (exact) mass is 716 g/mol. The number of benzene rings is 4. The van der Waals surface area contributed by atoms with E-state index in [1.165, 1.54) is 36.4 Å². The van der Waals surface area contributed by atoms with Crippen molar-refractivity contribution >= 4 is 64.7 Å². The van der Waals surface area contributed by atoms with Gasteiger partial charge in [-0.3, -0.25) is 9.59 Å². The van der Waals surface area contributed by atoms with E-state index in [1.807, 2.05) is 4.90 Å². The van der Waals surface area contributed by atoms with Crippen LogP contribution >= 0.6 is 0 Å². The summed E-state index contributed by atoms with van der Waals surface area (Å²) in [5.74, 6) is -6.01. The molecule has 266 valence electrons. The Kier molecular flexibility index (Phi) is 9.85. The fourth-order valence-electron chi connectivity index (χ4n) is 5.63. The fourth-order valence-corrected chi connectivity index (χ4v) is 5.63. The average molecular weight is 717 g/mol. The lowest BCUT2D eigenvalue weighted by molar-refractivity contribution is 0.0651. The molecule has 0 aliphatic carbocycles. The van der Waals surface area contributed by atoms with Gasteiger partial charge in [0.25, 0.3) is 0 Å². The Labute approximate surface area is 299 Å². The molecule has 16 heteroatoms. The number of ketones is 2. The zero-order valence-electron chi connectivity index (χ0n) is 27.4. The van der Waals surface area contributed by atoms with Crippen molar-refractivity contribution in [2.24, 2.45) is 0 Å². The van der Waals surface area contributed by atoms with Gasteiger partial charge in [-0.25, -0.2) is 19.2 Å². The maximum Gasteiger partial charge on any atom is 0.336 e. The van der Waals surface area contributed by atoms with Crippen molar-refractivity contribution in [2.45, 2.75) is 12.8 Å². The molecule has 0 amide bonds. The van der Waals surface area contributed by atoms with E-state index in [4.69, 9.17) is 0 Å². The van der Waals surface area contributed by atoms with Gasteiger partial charge in [0.15, 0.2) is 11.6 Å². The number of carboxylic acids is 4. The van der Waals surface area contributed by atoms with Gasteiger partial charge in [-0.2, -0.15) is 15.0 Å². The molecule has 0 atom stereocenters. The first-order chi connectivity index (χ1) is 25.4. The molecular weight excluding hydrogens is 688 g/mol. The summed E-state index contributed by atoms with van der Waals surface area (Å²) in [5.41, 5.74) is -0.349. The van der Waals surface area contributed by atoms with Gasteiger partial charge in [0.2, 0.25) is 17.8 Å². The summed E-state index contributed by atoms with van der Waals surface area (Å²) in [6.45, 7) is 1.48. The topological polar surface area (TPSA) is 249 Å². The third-order valence-electron chi connectivity index (χ3n) is 8.30. The molecule has 1 aliphatic rings. The molecule has 5 aromatic rings. The number of carbonyl (C=O) groups excluding carboxylic acids is 2. The van der Waals surface area contributed by atoms with E-state index in [2.05, 4.69) is 25.6 Å².